The Labute approximate surface area is 135 Å². The van der Waals surface area contributed by atoms with Crippen molar-refractivity contribution in [1.29, 1.82) is 0 Å². The molecular weight excluding hydrogens is 298 g/mol. The van der Waals surface area contributed by atoms with Gasteiger partial charge in [-0.25, -0.2) is 4.79 Å². The Hall–Kier alpha value is -2.31. The highest BCUT2D eigenvalue weighted by atomic mass is 16.5. The zero-order chi connectivity index (χ0) is 16.4. The molecule has 0 amide bonds. The predicted octanol–water partition coefficient (Wildman–Crippen LogP) is 2.20. The van der Waals surface area contributed by atoms with Gasteiger partial charge in [0, 0.05) is 6.07 Å². The molecule has 2 aliphatic rings. The number of carbonyl (C=O) groups is 1. The Kier molecular flexibility index (Phi) is 4.11. The van der Waals surface area contributed by atoms with Gasteiger partial charge < -0.3 is 9.47 Å². The first kappa shape index (κ1) is 15.6. The van der Waals surface area contributed by atoms with Gasteiger partial charge in [0.2, 0.25) is 0 Å². The minimum atomic E-state index is -0.462. The first-order valence-electron chi connectivity index (χ1n) is 7.87. The van der Waals surface area contributed by atoms with Crippen molar-refractivity contribution in [1.82, 2.24) is 5.43 Å². The van der Waals surface area contributed by atoms with Crippen molar-refractivity contribution in [2.45, 2.75) is 37.6 Å². The number of anilines is 1. The first-order valence-corrected chi connectivity index (χ1v) is 7.87. The fourth-order valence-electron chi connectivity index (χ4n) is 3.46. The monoisotopic (exact) mass is 320 g/mol. The molecule has 0 unspecified atom stereocenters. The van der Waals surface area contributed by atoms with Crippen LogP contribution < -0.4 is 15.2 Å². The second kappa shape index (κ2) is 6.06. The Morgan fingerprint density at radius 1 is 1.26 bits per heavy atom. The molecule has 1 aromatic rings. The van der Waals surface area contributed by atoms with Gasteiger partial charge in [0.05, 0.1) is 19.1 Å². The van der Waals surface area contributed by atoms with Crippen molar-refractivity contribution in [3.05, 3.63) is 28.7 Å². The molecule has 7 nitrogen and oxygen atoms in total. The second-order valence-corrected chi connectivity index (χ2v) is 6.16. The number of hydrogen-bond acceptors (Lipinski definition) is 4. The summed E-state index contributed by atoms with van der Waals surface area (Å²) in [6, 6.07) is 5.06. The number of carbonyl (C=O) groups excluding carboxylic acids is 1. The molecule has 1 N–H and O–H groups in total. The number of nitrogens with zero attached hydrogens (tertiary/aromatic N) is 2. The van der Waals surface area contributed by atoms with Gasteiger partial charge in [-0.2, -0.15) is 0 Å². The summed E-state index contributed by atoms with van der Waals surface area (Å²) in [5.41, 5.74) is 3.97. The molecule has 0 atom stereocenters. The quantitative estimate of drug-likeness (QED) is 0.680. The number of ether oxygens (including phenoxy) is 2. The maximum atomic E-state index is 12.3. The zero-order valence-electron chi connectivity index (χ0n) is 13.5. The summed E-state index contributed by atoms with van der Waals surface area (Å²) >= 11 is 0. The van der Waals surface area contributed by atoms with Crippen molar-refractivity contribution < 1.29 is 19.2 Å². The van der Waals surface area contributed by atoms with Crippen LogP contribution in [0.4, 0.5) is 5.69 Å². The van der Waals surface area contributed by atoms with E-state index >= 15 is 0 Å². The molecule has 2 fully saturated rings. The lowest BCUT2D eigenvalue weighted by molar-refractivity contribution is -0.605. The van der Waals surface area contributed by atoms with Crippen LogP contribution in [-0.4, -0.2) is 37.3 Å². The lowest BCUT2D eigenvalue weighted by Gasteiger charge is -2.27. The summed E-state index contributed by atoms with van der Waals surface area (Å²) < 4.78 is 10.0. The Balaban J connectivity index is 1.87. The van der Waals surface area contributed by atoms with Crippen LogP contribution in [0.2, 0.25) is 0 Å². The minimum Gasteiger partial charge on any atom is -0.496 e. The molecule has 0 bridgehead atoms. The fraction of sp³-hybridized carbons (Fsp3) is 0.562. The Bertz CT molecular complexity index is 626. The highest BCUT2D eigenvalue weighted by Crippen LogP contribution is 2.35. The minimum absolute atomic E-state index is 0.145. The topological polar surface area (TPSA) is 70.9 Å². The van der Waals surface area contributed by atoms with Crippen molar-refractivity contribution in [2.75, 3.05) is 25.8 Å². The SMILES string of the molecule is COC(=O)c1ccc(N2CC3(CCCCC3)N[N+]2=O)cc1OC. The second-order valence-electron chi connectivity index (χ2n) is 6.16. The molecule has 0 aromatic heterocycles. The van der Waals surface area contributed by atoms with E-state index in [1.54, 1.807) is 23.2 Å². The van der Waals surface area contributed by atoms with Crippen molar-refractivity contribution in [2.24, 2.45) is 0 Å². The smallest absolute Gasteiger partial charge is 0.341 e. The van der Waals surface area contributed by atoms with Gasteiger partial charge in [0.1, 0.15) is 29.1 Å². The van der Waals surface area contributed by atoms with E-state index in [1.165, 1.54) is 20.6 Å². The van der Waals surface area contributed by atoms with Crippen molar-refractivity contribution in [3.63, 3.8) is 0 Å². The van der Waals surface area contributed by atoms with Crippen LogP contribution in [0.5, 0.6) is 5.75 Å². The highest BCUT2D eigenvalue weighted by Gasteiger charge is 2.50. The fourth-order valence-corrected chi connectivity index (χ4v) is 3.46. The summed E-state index contributed by atoms with van der Waals surface area (Å²) in [6.45, 7) is 0.622. The van der Waals surface area contributed by atoms with E-state index in [2.05, 4.69) is 5.43 Å². The molecule has 0 radical (unpaired) electrons. The number of esters is 1. The molecule has 1 saturated carbocycles. The average molecular weight is 320 g/mol. The lowest BCUT2D eigenvalue weighted by Crippen LogP contribution is -2.45. The predicted molar refractivity (Wildman–Crippen MR) is 84.3 cm³/mol. The lowest BCUT2D eigenvalue weighted by atomic mass is 9.82. The molecule has 1 spiro atoms. The molecule has 1 aliphatic carbocycles. The van der Waals surface area contributed by atoms with Crippen LogP contribution in [-0.2, 0) is 4.74 Å². The van der Waals surface area contributed by atoms with Crippen LogP contribution in [0, 0.1) is 4.91 Å². The highest BCUT2D eigenvalue weighted by molar-refractivity contribution is 5.93. The number of hydrogen-bond donors (Lipinski definition) is 1. The number of nitroso groups, excluding NO2 is 1. The summed E-state index contributed by atoms with van der Waals surface area (Å²) in [5.74, 6) is -0.0666. The summed E-state index contributed by atoms with van der Waals surface area (Å²) in [5, 5.41) is 1.65. The van der Waals surface area contributed by atoms with E-state index in [4.69, 9.17) is 9.47 Å². The van der Waals surface area contributed by atoms with Crippen LogP contribution in [0.15, 0.2) is 18.2 Å². The van der Waals surface area contributed by atoms with Crippen LogP contribution in [0.1, 0.15) is 42.5 Å². The summed E-state index contributed by atoms with van der Waals surface area (Å²) in [6.07, 6.45) is 5.50. The van der Waals surface area contributed by atoms with E-state index < -0.39 is 5.97 Å². The average Bonchev–Trinajstić information content (AvgIpc) is 2.90. The van der Waals surface area contributed by atoms with Gasteiger partial charge in [-0.05, 0) is 25.0 Å². The van der Waals surface area contributed by atoms with Crippen LogP contribution >= 0.6 is 0 Å². The molecule has 1 aliphatic heterocycles. The standard InChI is InChI=1S/C16H22N3O4/c1-22-14-10-12(6-7-13(14)15(20)23-2)18-11-16(17-19(18)21)8-4-3-5-9-16/h6-7,10H,3-5,8-9,11H2,1-2H3,(H,17,21)/q+1. The van der Waals surface area contributed by atoms with Gasteiger partial charge in [0.15, 0.2) is 0 Å². The molecule has 7 heteroatoms. The van der Waals surface area contributed by atoms with Crippen LogP contribution in [0.3, 0.4) is 0 Å². The van der Waals surface area contributed by atoms with E-state index in [9.17, 15) is 9.70 Å². The zero-order valence-corrected chi connectivity index (χ0v) is 13.5. The number of methoxy groups -OCH3 is 2. The number of hydrazine groups is 2. The van der Waals surface area contributed by atoms with Gasteiger partial charge >= 0.3 is 5.97 Å². The molecular formula is C16H22N3O4+. The van der Waals surface area contributed by atoms with Crippen molar-refractivity contribution in [3.8, 4) is 5.75 Å². The molecule has 1 saturated heterocycles. The molecule has 3 rings (SSSR count). The van der Waals surface area contributed by atoms with E-state index in [1.807, 2.05) is 0 Å². The maximum absolute atomic E-state index is 12.3. The van der Waals surface area contributed by atoms with Crippen LogP contribution in [0.25, 0.3) is 0 Å². The third-order valence-corrected chi connectivity index (χ3v) is 4.70. The molecule has 124 valence electrons. The third kappa shape index (κ3) is 2.83. The number of benzene rings is 1. The third-order valence-electron chi connectivity index (χ3n) is 4.70. The summed E-state index contributed by atoms with van der Waals surface area (Å²) in [7, 11) is 2.82. The van der Waals surface area contributed by atoms with E-state index in [-0.39, 0.29) is 5.54 Å². The largest absolute Gasteiger partial charge is 0.496 e. The van der Waals surface area contributed by atoms with Gasteiger partial charge in [-0.15, -0.1) is 5.43 Å². The molecule has 23 heavy (non-hydrogen) atoms. The Morgan fingerprint density at radius 2 is 2.00 bits per heavy atom. The number of nitrogens with one attached hydrogen (secondary N) is 1. The van der Waals surface area contributed by atoms with Gasteiger partial charge in [-0.3, -0.25) is 0 Å². The van der Waals surface area contributed by atoms with Gasteiger partial charge in [-0.1, -0.05) is 24.3 Å². The van der Waals surface area contributed by atoms with Gasteiger partial charge in [0.25, 0.3) is 4.98 Å². The van der Waals surface area contributed by atoms with E-state index in [0.29, 0.717) is 23.5 Å². The molecule has 1 aromatic carbocycles. The maximum Gasteiger partial charge on any atom is 0.341 e. The van der Waals surface area contributed by atoms with Crippen molar-refractivity contribution >= 4 is 11.7 Å². The number of rotatable bonds is 3. The molecule has 1 heterocycles. The normalized spacial score (nSPS) is 19.6. The first-order chi connectivity index (χ1) is 11.1. The Morgan fingerprint density at radius 3 is 2.65 bits per heavy atom. The van der Waals surface area contributed by atoms with E-state index in [0.717, 1.165) is 30.7 Å². The summed E-state index contributed by atoms with van der Waals surface area (Å²) in [4.78, 5) is 24.9.